The molecule has 0 bridgehead atoms. The van der Waals surface area contributed by atoms with Gasteiger partial charge in [0, 0.05) is 19.0 Å². The van der Waals surface area contributed by atoms with Crippen LogP contribution in [0.1, 0.15) is 24.2 Å². The van der Waals surface area contributed by atoms with Crippen LogP contribution in [0.5, 0.6) is 0 Å². The predicted molar refractivity (Wildman–Crippen MR) is 75.8 cm³/mol. The monoisotopic (exact) mass is 300 g/mol. The molecule has 1 aromatic heterocycles. The molecule has 7 nitrogen and oxygen atoms in total. The Balaban J connectivity index is 1.96. The highest BCUT2D eigenvalue weighted by Crippen LogP contribution is 2.23. The zero-order valence-corrected chi connectivity index (χ0v) is 12.7. The third kappa shape index (κ3) is 3.18. The molecule has 20 heavy (non-hydrogen) atoms. The third-order valence-electron chi connectivity index (χ3n) is 3.67. The highest BCUT2D eigenvalue weighted by Gasteiger charge is 2.29. The Hall–Kier alpha value is -1.41. The number of aryl methyl sites for hydroxylation is 2. The number of rotatable bonds is 3. The van der Waals surface area contributed by atoms with Gasteiger partial charge in [-0.1, -0.05) is 0 Å². The molecule has 0 aromatic carbocycles. The Morgan fingerprint density at radius 2 is 1.95 bits per heavy atom. The van der Waals surface area contributed by atoms with E-state index < -0.39 is 10.0 Å². The molecular weight excluding hydrogens is 280 g/mol. The van der Waals surface area contributed by atoms with Gasteiger partial charge >= 0.3 is 0 Å². The molecule has 0 radical (unpaired) electrons. The largest absolute Gasteiger partial charge is 0.323 e. The number of anilines is 1. The molecule has 1 aliphatic heterocycles. The first-order valence-electron chi connectivity index (χ1n) is 6.56. The van der Waals surface area contributed by atoms with Crippen LogP contribution in [0.15, 0.2) is 0 Å². The van der Waals surface area contributed by atoms with Gasteiger partial charge in [0.05, 0.1) is 23.3 Å². The maximum Gasteiger partial charge on any atom is 0.227 e. The molecule has 1 aliphatic rings. The molecule has 8 heteroatoms. The van der Waals surface area contributed by atoms with Crippen molar-refractivity contribution in [1.82, 2.24) is 14.5 Å². The van der Waals surface area contributed by atoms with Crippen LogP contribution in [-0.4, -0.2) is 48.2 Å². The lowest BCUT2D eigenvalue weighted by molar-refractivity contribution is -0.120. The number of hydrogen-bond acceptors (Lipinski definition) is 4. The number of carbonyl (C=O) groups excluding carboxylic acids is 1. The van der Waals surface area contributed by atoms with E-state index in [4.69, 9.17) is 0 Å². The molecule has 2 N–H and O–H groups in total. The predicted octanol–water partition coefficient (Wildman–Crippen LogP) is 0.637. The van der Waals surface area contributed by atoms with Crippen LogP contribution >= 0.6 is 0 Å². The minimum Gasteiger partial charge on any atom is -0.323 e. The number of nitrogens with zero attached hydrogens (tertiary/aromatic N) is 2. The van der Waals surface area contributed by atoms with Gasteiger partial charge in [-0.15, -0.1) is 0 Å². The van der Waals surface area contributed by atoms with E-state index in [2.05, 4.69) is 15.5 Å². The number of sulfonamides is 1. The summed E-state index contributed by atoms with van der Waals surface area (Å²) in [6.07, 6.45) is 2.30. The van der Waals surface area contributed by atoms with Gasteiger partial charge in [0.2, 0.25) is 15.9 Å². The van der Waals surface area contributed by atoms with Gasteiger partial charge in [-0.25, -0.2) is 12.7 Å². The molecule has 1 aromatic rings. The van der Waals surface area contributed by atoms with Gasteiger partial charge in [-0.05, 0) is 26.7 Å². The lowest BCUT2D eigenvalue weighted by Crippen LogP contribution is -2.40. The standard InChI is InChI=1S/C12H20N4O3S/c1-8-11(9(2)15-14-8)13-12(17)10-4-6-16(7-5-10)20(3,18)19/h10H,4-7H2,1-3H3,(H,13,17)(H,14,15). The maximum absolute atomic E-state index is 12.2. The zero-order valence-electron chi connectivity index (χ0n) is 11.9. The number of H-pyrrole nitrogens is 1. The summed E-state index contributed by atoms with van der Waals surface area (Å²) in [5, 5.41) is 9.73. The van der Waals surface area contributed by atoms with E-state index in [1.165, 1.54) is 10.6 Å². The van der Waals surface area contributed by atoms with Gasteiger partial charge in [0.25, 0.3) is 0 Å². The van der Waals surface area contributed by atoms with Crippen molar-refractivity contribution in [2.24, 2.45) is 5.92 Å². The van der Waals surface area contributed by atoms with Gasteiger partial charge in [0.15, 0.2) is 0 Å². The maximum atomic E-state index is 12.2. The van der Waals surface area contributed by atoms with Crippen LogP contribution in [0.2, 0.25) is 0 Å². The Bertz CT molecular complexity index is 581. The first kappa shape index (κ1) is 15.0. The van der Waals surface area contributed by atoms with E-state index in [0.29, 0.717) is 25.9 Å². The molecule has 0 atom stereocenters. The highest BCUT2D eigenvalue weighted by atomic mass is 32.2. The molecule has 0 saturated carbocycles. The van der Waals surface area contributed by atoms with Gasteiger partial charge in [-0.3, -0.25) is 9.89 Å². The zero-order chi connectivity index (χ0) is 14.9. The number of amides is 1. The fraction of sp³-hybridized carbons (Fsp3) is 0.667. The van der Waals surface area contributed by atoms with Crippen LogP contribution in [0, 0.1) is 19.8 Å². The minimum atomic E-state index is -3.15. The van der Waals surface area contributed by atoms with E-state index in [-0.39, 0.29) is 11.8 Å². The van der Waals surface area contributed by atoms with Crippen LogP contribution in [0.4, 0.5) is 5.69 Å². The second-order valence-electron chi connectivity index (χ2n) is 5.23. The molecule has 112 valence electrons. The summed E-state index contributed by atoms with van der Waals surface area (Å²) in [5.41, 5.74) is 2.30. The topological polar surface area (TPSA) is 95.2 Å². The number of aromatic nitrogens is 2. The van der Waals surface area contributed by atoms with Crippen LogP contribution in [0.25, 0.3) is 0 Å². The summed E-state index contributed by atoms with van der Waals surface area (Å²) in [7, 11) is -3.15. The number of aromatic amines is 1. The fourth-order valence-corrected chi connectivity index (χ4v) is 3.28. The summed E-state index contributed by atoms with van der Waals surface area (Å²) in [6, 6.07) is 0. The van der Waals surface area contributed by atoms with Crippen LogP contribution in [0.3, 0.4) is 0 Å². The summed E-state index contributed by atoms with van der Waals surface area (Å²) in [4.78, 5) is 12.2. The van der Waals surface area contributed by atoms with Crippen molar-refractivity contribution < 1.29 is 13.2 Å². The van der Waals surface area contributed by atoms with Crippen LogP contribution < -0.4 is 5.32 Å². The van der Waals surface area contributed by atoms with E-state index in [1.807, 2.05) is 13.8 Å². The molecular formula is C12H20N4O3S. The van der Waals surface area contributed by atoms with Gasteiger partial charge in [-0.2, -0.15) is 5.10 Å². The van der Waals surface area contributed by atoms with Gasteiger partial charge in [0.1, 0.15) is 0 Å². The minimum absolute atomic E-state index is 0.0641. The van der Waals surface area contributed by atoms with Crippen molar-refractivity contribution in [2.75, 3.05) is 24.7 Å². The van der Waals surface area contributed by atoms with Crippen molar-refractivity contribution in [3.8, 4) is 0 Å². The average molecular weight is 300 g/mol. The Kier molecular flexibility index (Phi) is 4.14. The smallest absolute Gasteiger partial charge is 0.227 e. The molecule has 0 unspecified atom stereocenters. The normalized spacial score (nSPS) is 18.1. The Morgan fingerprint density at radius 3 is 2.40 bits per heavy atom. The fourth-order valence-electron chi connectivity index (χ4n) is 2.41. The average Bonchev–Trinajstić information content (AvgIpc) is 2.69. The molecule has 1 amide bonds. The Morgan fingerprint density at radius 1 is 1.35 bits per heavy atom. The molecule has 1 saturated heterocycles. The number of carbonyl (C=O) groups is 1. The van der Waals surface area contributed by atoms with E-state index in [1.54, 1.807) is 0 Å². The van der Waals surface area contributed by atoms with E-state index in [0.717, 1.165) is 17.1 Å². The van der Waals surface area contributed by atoms with Crippen molar-refractivity contribution >= 4 is 21.6 Å². The summed E-state index contributed by atoms with van der Waals surface area (Å²) in [6.45, 7) is 4.48. The second-order valence-corrected chi connectivity index (χ2v) is 7.22. The van der Waals surface area contributed by atoms with Crippen molar-refractivity contribution in [1.29, 1.82) is 0 Å². The SMILES string of the molecule is Cc1n[nH]c(C)c1NC(=O)C1CCN(S(C)(=O)=O)CC1. The molecule has 1 fully saturated rings. The van der Waals surface area contributed by atoms with Crippen molar-refractivity contribution in [3.05, 3.63) is 11.4 Å². The number of nitrogens with one attached hydrogen (secondary N) is 2. The Labute approximate surface area is 118 Å². The first-order chi connectivity index (χ1) is 9.29. The summed E-state index contributed by atoms with van der Waals surface area (Å²) < 4.78 is 24.3. The molecule has 0 aliphatic carbocycles. The van der Waals surface area contributed by atoms with E-state index in [9.17, 15) is 13.2 Å². The highest BCUT2D eigenvalue weighted by molar-refractivity contribution is 7.88. The van der Waals surface area contributed by atoms with Crippen molar-refractivity contribution in [3.63, 3.8) is 0 Å². The lowest BCUT2D eigenvalue weighted by Gasteiger charge is -2.29. The molecule has 0 spiro atoms. The second kappa shape index (κ2) is 5.53. The first-order valence-corrected chi connectivity index (χ1v) is 8.41. The number of hydrogen-bond donors (Lipinski definition) is 2. The third-order valence-corrected chi connectivity index (χ3v) is 4.97. The van der Waals surface area contributed by atoms with Gasteiger partial charge < -0.3 is 5.32 Å². The summed E-state index contributed by atoms with van der Waals surface area (Å²) >= 11 is 0. The van der Waals surface area contributed by atoms with Crippen LogP contribution in [-0.2, 0) is 14.8 Å². The molecule has 2 heterocycles. The molecule has 2 rings (SSSR count). The summed E-state index contributed by atoms with van der Waals surface area (Å²) in [5.74, 6) is -0.215. The van der Waals surface area contributed by atoms with E-state index >= 15 is 0 Å². The van der Waals surface area contributed by atoms with Crippen molar-refractivity contribution in [2.45, 2.75) is 26.7 Å². The lowest BCUT2D eigenvalue weighted by atomic mass is 9.97. The quantitative estimate of drug-likeness (QED) is 0.856. The number of piperidine rings is 1.